The number of rotatable bonds is 6. The van der Waals surface area contributed by atoms with Gasteiger partial charge in [-0.2, -0.15) is 0 Å². The van der Waals surface area contributed by atoms with Crippen molar-refractivity contribution in [1.82, 2.24) is 29.3 Å². The molecule has 0 amide bonds. The van der Waals surface area contributed by atoms with E-state index in [0.717, 1.165) is 40.3 Å². The Morgan fingerprint density at radius 2 is 2.24 bits per heavy atom. The Hall–Kier alpha value is -1.60. The highest BCUT2D eigenvalue weighted by molar-refractivity contribution is 7.98. The molecule has 0 saturated heterocycles. The average Bonchev–Trinajstić information content (AvgIpc) is 3.02. The van der Waals surface area contributed by atoms with Gasteiger partial charge in [-0.15, -0.1) is 10.2 Å². The van der Waals surface area contributed by atoms with Crippen LogP contribution in [0.5, 0.6) is 0 Å². The highest BCUT2D eigenvalue weighted by Crippen LogP contribution is 2.44. The van der Waals surface area contributed by atoms with Gasteiger partial charge in [0.25, 0.3) is 0 Å². The number of hydrogen-bond acceptors (Lipinski definition) is 5. The van der Waals surface area contributed by atoms with Crippen LogP contribution in [0.15, 0.2) is 18.5 Å². The van der Waals surface area contributed by atoms with E-state index < -0.39 is 0 Å². The summed E-state index contributed by atoms with van der Waals surface area (Å²) in [5.74, 6) is 3.02. The second-order valence-electron chi connectivity index (χ2n) is 7.50. The molecule has 0 spiro atoms. The van der Waals surface area contributed by atoms with Crippen molar-refractivity contribution in [2.45, 2.75) is 50.2 Å². The zero-order chi connectivity index (χ0) is 16.8. The molecule has 0 radical (unpaired) electrons. The van der Waals surface area contributed by atoms with Crippen LogP contribution in [0.1, 0.15) is 50.8 Å². The summed E-state index contributed by atoms with van der Waals surface area (Å²) in [5, 5.41) is 9.86. The summed E-state index contributed by atoms with van der Waals surface area (Å²) in [5.41, 5.74) is 2.83. The van der Waals surface area contributed by atoms with Crippen molar-refractivity contribution in [1.29, 1.82) is 0 Å². The molecule has 3 atom stereocenters. The summed E-state index contributed by atoms with van der Waals surface area (Å²) in [6, 6.07) is 2.07. The second kappa shape index (κ2) is 6.29. The molecule has 3 heterocycles. The Morgan fingerprint density at radius 1 is 1.32 bits per heavy atom. The summed E-state index contributed by atoms with van der Waals surface area (Å²) >= 11 is 1.95. The van der Waals surface area contributed by atoms with Gasteiger partial charge in [0.15, 0.2) is 11.3 Å². The van der Waals surface area contributed by atoms with E-state index in [4.69, 9.17) is 0 Å². The molecule has 2 unspecified atom stereocenters. The van der Waals surface area contributed by atoms with Crippen LogP contribution < -0.4 is 4.72 Å². The number of fused-ring (bicyclic) bond motifs is 3. The van der Waals surface area contributed by atoms with Gasteiger partial charge in [0.2, 0.25) is 0 Å². The van der Waals surface area contributed by atoms with Gasteiger partial charge >= 0.3 is 0 Å². The molecule has 0 aromatic carbocycles. The van der Waals surface area contributed by atoms with Gasteiger partial charge in [-0.25, -0.2) is 4.98 Å². The summed E-state index contributed by atoms with van der Waals surface area (Å²) < 4.78 is 5.83. The molecule has 2 aliphatic rings. The Balaban J connectivity index is 1.42. The average molecular weight is 356 g/mol. The monoisotopic (exact) mass is 356 g/mol. The third-order valence-electron chi connectivity index (χ3n) is 5.76. The van der Waals surface area contributed by atoms with E-state index in [1.165, 1.54) is 32.1 Å². The molecule has 7 heteroatoms. The molecule has 5 rings (SSSR count). The van der Waals surface area contributed by atoms with Crippen molar-refractivity contribution in [2.75, 3.05) is 6.54 Å². The largest absolute Gasteiger partial charge is 0.345 e. The number of H-pyrrole nitrogens is 1. The minimum Gasteiger partial charge on any atom is -0.345 e. The van der Waals surface area contributed by atoms with Crippen LogP contribution in [-0.4, -0.2) is 36.4 Å². The first kappa shape index (κ1) is 15.6. The van der Waals surface area contributed by atoms with Crippen molar-refractivity contribution < 1.29 is 0 Å². The molecular formula is C18H24N6S. The fraction of sp³-hybridized carbons (Fsp3) is 0.611. The number of aromatic nitrogens is 5. The Kier molecular flexibility index (Phi) is 3.93. The van der Waals surface area contributed by atoms with Crippen molar-refractivity contribution in [3.8, 4) is 0 Å². The van der Waals surface area contributed by atoms with Gasteiger partial charge in [0.05, 0.1) is 11.7 Å². The summed E-state index contributed by atoms with van der Waals surface area (Å²) in [4.78, 5) is 7.63. The quantitative estimate of drug-likeness (QED) is 0.661. The van der Waals surface area contributed by atoms with Crippen molar-refractivity contribution in [2.24, 2.45) is 11.8 Å². The first-order chi connectivity index (χ1) is 12.3. The zero-order valence-corrected chi connectivity index (χ0v) is 15.3. The van der Waals surface area contributed by atoms with E-state index in [9.17, 15) is 0 Å². The summed E-state index contributed by atoms with van der Waals surface area (Å²) in [6.45, 7) is 3.43. The lowest BCUT2D eigenvalue weighted by molar-refractivity contribution is 0.444. The zero-order valence-electron chi connectivity index (χ0n) is 14.5. The Bertz CT molecular complexity index is 882. The lowest BCUT2D eigenvalue weighted by Gasteiger charge is -2.16. The van der Waals surface area contributed by atoms with Crippen LogP contribution in [0.2, 0.25) is 0 Å². The van der Waals surface area contributed by atoms with Gasteiger partial charge in [-0.05, 0) is 43.6 Å². The van der Waals surface area contributed by atoms with Crippen molar-refractivity contribution in [3.63, 3.8) is 0 Å². The normalized spacial score (nSPS) is 26.8. The molecule has 6 nitrogen and oxygen atoms in total. The van der Waals surface area contributed by atoms with E-state index in [-0.39, 0.29) is 0 Å². The minimum atomic E-state index is 0.484. The second-order valence-corrected chi connectivity index (χ2v) is 8.69. The topological polar surface area (TPSA) is 70.9 Å². The van der Waals surface area contributed by atoms with E-state index in [0.29, 0.717) is 11.8 Å². The fourth-order valence-corrected chi connectivity index (χ4v) is 5.22. The molecule has 2 N–H and O–H groups in total. The number of aromatic amines is 1. The smallest absolute Gasteiger partial charge is 0.179 e. The Morgan fingerprint density at radius 3 is 3.08 bits per heavy atom. The van der Waals surface area contributed by atoms with E-state index in [2.05, 4.69) is 42.3 Å². The third-order valence-corrected chi connectivity index (χ3v) is 6.90. The highest BCUT2D eigenvalue weighted by atomic mass is 32.2. The molecule has 132 valence electrons. The molecule has 0 aliphatic heterocycles. The number of nitrogens with zero attached hydrogens (tertiary/aromatic N) is 4. The fourth-order valence-electron chi connectivity index (χ4n) is 4.28. The predicted octanol–water partition coefficient (Wildman–Crippen LogP) is 3.53. The van der Waals surface area contributed by atoms with Crippen LogP contribution in [-0.2, 0) is 0 Å². The molecule has 2 aliphatic carbocycles. The van der Waals surface area contributed by atoms with E-state index >= 15 is 0 Å². The minimum absolute atomic E-state index is 0.484. The molecule has 3 aromatic heterocycles. The van der Waals surface area contributed by atoms with Crippen LogP contribution in [0.25, 0.3) is 16.8 Å². The lowest BCUT2D eigenvalue weighted by Crippen LogP contribution is -2.15. The molecule has 2 saturated carbocycles. The predicted molar refractivity (Wildman–Crippen MR) is 101 cm³/mol. The first-order valence-electron chi connectivity index (χ1n) is 9.39. The van der Waals surface area contributed by atoms with Gasteiger partial charge in [-0.3, -0.25) is 9.12 Å². The standard InChI is InChI=1S/C18H24N6S/c1-2-12-7-11(9-21-25-13-3-4-13)8-14(12)18-23-22-16-10-20-17-15(24(16)18)5-6-19-17/h5-6,10-14,19,21H,2-4,7-9H2,1H3/t11?,12-,14?/m0/s1. The number of hydrogen-bond donors (Lipinski definition) is 2. The number of nitrogens with one attached hydrogen (secondary N) is 2. The van der Waals surface area contributed by atoms with E-state index in [1.54, 1.807) is 0 Å². The van der Waals surface area contributed by atoms with Gasteiger partial charge < -0.3 is 4.98 Å². The van der Waals surface area contributed by atoms with Crippen LogP contribution in [0.4, 0.5) is 0 Å². The van der Waals surface area contributed by atoms with Crippen molar-refractivity contribution >= 4 is 28.8 Å². The first-order valence-corrected chi connectivity index (χ1v) is 10.3. The molecular weight excluding hydrogens is 332 g/mol. The van der Waals surface area contributed by atoms with E-state index in [1.807, 2.05) is 24.3 Å². The van der Waals surface area contributed by atoms with Crippen LogP contribution in [0.3, 0.4) is 0 Å². The van der Waals surface area contributed by atoms with Crippen LogP contribution in [0, 0.1) is 11.8 Å². The molecule has 3 aromatic rings. The molecule has 25 heavy (non-hydrogen) atoms. The van der Waals surface area contributed by atoms with Gasteiger partial charge in [0, 0.05) is 23.9 Å². The summed E-state index contributed by atoms with van der Waals surface area (Å²) in [7, 11) is 0. The van der Waals surface area contributed by atoms with Gasteiger partial charge in [-0.1, -0.05) is 25.3 Å². The third kappa shape index (κ3) is 2.83. The maximum absolute atomic E-state index is 4.59. The SMILES string of the molecule is CC[C@H]1CC(CNSC2CC2)CC1c1nnc2cnc3[nH]ccc3n12. The molecule has 0 bridgehead atoms. The lowest BCUT2D eigenvalue weighted by atomic mass is 9.93. The van der Waals surface area contributed by atoms with Crippen LogP contribution >= 0.6 is 11.9 Å². The highest BCUT2D eigenvalue weighted by Gasteiger charge is 2.37. The van der Waals surface area contributed by atoms with Crippen molar-refractivity contribution in [3.05, 3.63) is 24.3 Å². The van der Waals surface area contributed by atoms with Gasteiger partial charge in [0.1, 0.15) is 5.82 Å². The Labute approximate surface area is 151 Å². The maximum atomic E-state index is 4.59. The maximum Gasteiger partial charge on any atom is 0.179 e. The molecule has 2 fully saturated rings. The summed E-state index contributed by atoms with van der Waals surface area (Å²) in [6.07, 6.45) is 10.2.